The summed E-state index contributed by atoms with van der Waals surface area (Å²) < 4.78 is 0. The Balaban J connectivity index is 3.57. The Morgan fingerprint density at radius 2 is 1.93 bits per heavy atom. The molecule has 0 aromatic heterocycles. The number of carbonyl (C=O) groups is 1. The smallest absolute Gasteiger partial charge is 0.221 e. The Morgan fingerprint density at radius 3 is 2.43 bits per heavy atom. The molecular formula is C11H24N2O. The van der Waals surface area contributed by atoms with Gasteiger partial charge in [0.15, 0.2) is 0 Å². The molecule has 0 fully saturated rings. The molecule has 0 atom stereocenters. The van der Waals surface area contributed by atoms with Gasteiger partial charge in [-0.1, -0.05) is 13.3 Å². The summed E-state index contributed by atoms with van der Waals surface area (Å²) in [5.74, 6) is 0.132. The van der Waals surface area contributed by atoms with Crippen molar-refractivity contribution in [3.63, 3.8) is 0 Å². The Labute approximate surface area is 87.6 Å². The van der Waals surface area contributed by atoms with Crippen LogP contribution in [0.4, 0.5) is 0 Å². The normalized spacial score (nSPS) is 11.4. The first-order valence-electron chi connectivity index (χ1n) is 5.53. The van der Waals surface area contributed by atoms with Crippen LogP contribution < -0.4 is 10.6 Å². The van der Waals surface area contributed by atoms with Crippen LogP contribution in [-0.4, -0.2) is 24.5 Å². The maximum absolute atomic E-state index is 11.1. The molecule has 0 spiro atoms. The summed E-state index contributed by atoms with van der Waals surface area (Å²) in [7, 11) is 0. The number of rotatable bonds is 7. The van der Waals surface area contributed by atoms with Gasteiger partial charge in [0, 0.05) is 25.0 Å². The summed E-state index contributed by atoms with van der Waals surface area (Å²) in [5, 5.41) is 6.17. The predicted molar refractivity (Wildman–Crippen MR) is 60.3 cm³/mol. The van der Waals surface area contributed by atoms with Crippen LogP contribution in [0.1, 0.15) is 47.0 Å². The van der Waals surface area contributed by atoms with Crippen molar-refractivity contribution in [2.24, 2.45) is 0 Å². The first-order chi connectivity index (χ1) is 6.52. The Morgan fingerprint density at radius 1 is 1.29 bits per heavy atom. The van der Waals surface area contributed by atoms with Gasteiger partial charge in [-0.15, -0.1) is 0 Å². The molecule has 0 rings (SSSR count). The number of nitrogens with one attached hydrogen (secondary N) is 2. The highest BCUT2D eigenvalue weighted by molar-refractivity contribution is 5.75. The zero-order chi connectivity index (χ0) is 11.0. The van der Waals surface area contributed by atoms with Crippen LogP contribution in [0, 0.1) is 0 Å². The van der Waals surface area contributed by atoms with E-state index >= 15 is 0 Å². The summed E-state index contributed by atoms with van der Waals surface area (Å²) in [6.07, 6.45) is 2.88. The van der Waals surface area contributed by atoms with E-state index in [0.717, 1.165) is 19.5 Å². The molecule has 0 saturated carbocycles. The molecule has 0 aliphatic heterocycles. The fourth-order valence-corrected chi connectivity index (χ4v) is 1.51. The largest absolute Gasteiger partial charge is 0.356 e. The highest BCUT2D eigenvalue weighted by atomic mass is 16.1. The lowest BCUT2D eigenvalue weighted by atomic mass is 9.99. The highest BCUT2D eigenvalue weighted by Gasteiger charge is 2.15. The second kappa shape index (κ2) is 6.82. The maximum Gasteiger partial charge on any atom is 0.221 e. The Bertz CT molecular complexity index is 167. The van der Waals surface area contributed by atoms with Crippen LogP contribution in [0.3, 0.4) is 0 Å². The topological polar surface area (TPSA) is 41.1 Å². The lowest BCUT2D eigenvalue weighted by Crippen LogP contribution is -2.41. The lowest BCUT2D eigenvalue weighted by molar-refractivity contribution is -0.120. The van der Waals surface area contributed by atoms with Gasteiger partial charge in [-0.3, -0.25) is 4.79 Å². The fraction of sp³-hybridized carbons (Fsp3) is 0.909. The number of hydrogen-bond donors (Lipinski definition) is 2. The standard InChI is InChI=1S/C11H24N2O/c1-5-8-11(3,4)13-9-7-10(14)12-6-2/h13H,5-9H2,1-4H3,(H,12,14). The molecule has 1 amide bonds. The molecule has 0 heterocycles. The van der Waals surface area contributed by atoms with E-state index in [2.05, 4.69) is 31.4 Å². The third-order valence-corrected chi connectivity index (χ3v) is 2.20. The molecule has 3 heteroatoms. The van der Waals surface area contributed by atoms with Crippen molar-refractivity contribution in [1.82, 2.24) is 10.6 Å². The Hall–Kier alpha value is -0.570. The summed E-state index contributed by atoms with van der Waals surface area (Å²) in [4.78, 5) is 11.1. The van der Waals surface area contributed by atoms with Gasteiger partial charge in [-0.2, -0.15) is 0 Å². The molecule has 0 bridgehead atoms. The summed E-state index contributed by atoms with van der Waals surface area (Å²) >= 11 is 0. The van der Waals surface area contributed by atoms with Gasteiger partial charge >= 0.3 is 0 Å². The molecule has 14 heavy (non-hydrogen) atoms. The molecule has 84 valence electrons. The van der Waals surface area contributed by atoms with E-state index in [9.17, 15) is 4.79 Å². The lowest BCUT2D eigenvalue weighted by Gasteiger charge is -2.25. The van der Waals surface area contributed by atoms with Gasteiger partial charge in [-0.05, 0) is 27.2 Å². The zero-order valence-corrected chi connectivity index (χ0v) is 9.94. The van der Waals surface area contributed by atoms with Crippen molar-refractivity contribution in [2.45, 2.75) is 52.5 Å². The molecule has 0 aliphatic rings. The quantitative estimate of drug-likeness (QED) is 0.656. The third kappa shape index (κ3) is 6.89. The Kier molecular flexibility index (Phi) is 6.54. The van der Waals surface area contributed by atoms with Crippen molar-refractivity contribution in [3.05, 3.63) is 0 Å². The van der Waals surface area contributed by atoms with Crippen LogP contribution in [0.5, 0.6) is 0 Å². The molecule has 3 nitrogen and oxygen atoms in total. The average molecular weight is 200 g/mol. The van der Waals surface area contributed by atoms with Crippen molar-refractivity contribution >= 4 is 5.91 Å². The van der Waals surface area contributed by atoms with E-state index < -0.39 is 0 Å². The van der Waals surface area contributed by atoms with Gasteiger partial charge in [0.1, 0.15) is 0 Å². The minimum Gasteiger partial charge on any atom is -0.356 e. The van der Waals surface area contributed by atoms with Gasteiger partial charge in [0.25, 0.3) is 0 Å². The van der Waals surface area contributed by atoms with Gasteiger partial charge < -0.3 is 10.6 Å². The van der Waals surface area contributed by atoms with Gasteiger partial charge in [0.2, 0.25) is 5.91 Å². The molecule has 0 aromatic rings. The maximum atomic E-state index is 11.1. The highest BCUT2D eigenvalue weighted by Crippen LogP contribution is 2.09. The van der Waals surface area contributed by atoms with Crippen molar-refractivity contribution in [2.75, 3.05) is 13.1 Å². The molecule has 0 aromatic carbocycles. The van der Waals surface area contributed by atoms with Crippen LogP contribution in [0.25, 0.3) is 0 Å². The summed E-state index contributed by atoms with van der Waals surface area (Å²) in [6.45, 7) is 9.94. The summed E-state index contributed by atoms with van der Waals surface area (Å²) in [6, 6.07) is 0. The van der Waals surface area contributed by atoms with E-state index in [1.165, 1.54) is 6.42 Å². The SMILES string of the molecule is CCCC(C)(C)NCCC(=O)NCC. The average Bonchev–Trinajstić information content (AvgIpc) is 2.03. The van der Waals surface area contributed by atoms with Gasteiger partial charge in [0.05, 0.1) is 0 Å². The number of carbonyl (C=O) groups excluding carboxylic acids is 1. The number of hydrogen-bond acceptors (Lipinski definition) is 2. The van der Waals surface area contributed by atoms with Crippen LogP contribution >= 0.6 is 0 Å². The molecule has 0 radical (unpaired) electrons. The monoisotopic (exact) mass is 200 g/mol. The predicted octanol–water partition coefficient (Wildman–Crippen LogP) is 1.68. The minimum atomic E-state index is 0.132. The van der Waals surface area contributed by atoms with Crippen LogP contribution in [0.15, 0.2) is 0 Å². The van der Waals surface area contributed by atoms with Gasteiger partial charge in [-0.25, -0.2) is 0 Å². The molecule has 0 unspecified atom stereocenters. The van der Waals surface area contributed by atoms with E-state index in [1.807, 2.05) is 6.92 Å². The molecule has 0 saturated heterocycles. The van der Waals surface area contributed by atoms with E-state index in [4.69, 9.17) is 0 Å². The van der Waals surface area contributed by atoms with Crippen LogP contribution in [0.2, 0.25) is 0 Å². The van der Waals surface area contributed by atoms with E-state index in [0.29, 0.717) is 6.42 Å². The number of amides is 1. The first-order valence-corrected chi connectivity index (χ1v) is 5.53. The molecule has 0 aliphatic carbocycles. The summed E-state index contributed by atoms with van der Waals surface area (Å²) in [5.41, 5.74) is 0.154. The third-order valence-electron chi connectivity index (χ3n) is 2.20. The zero-order valence-electron chi connectivity index (χ0n) is 9.94. The van der Waals surface area contributed by atoms with Crippen molar-refractivity contribution in [1.29, 1.82) is 0 Å². The second-order valence-corrected chi connectivity index (χ2v) is 4.26. The minimum absolute atomic E-state index is 0.132. The van der Waals surface area contributed by atoms with E-state index in [1.54, 1.807) is 0 Å². The fourth-order valence-electron chi connectivity index (χ4n) is 1.51. The second-order valence-electron chi connectivity index (χ2n) is 4.26. The van der Waals surface area contributed by atoms with E-state index in [-0.39, 0.29) is 11.4 Å². The first kappa shape index (κ1) is 13.4. The van der Waals surface area contributed by atoms with Crippen molar-refractivity contribution in [3.8, 4) is 0 Å². The van der Waals surface area contributed by atoms with Crippen LogP contribution in [-0.2, 0) is 4.79 Å². The molecular weight excluding hydrogens is 176 g/mol. The van der Waals surface area contributed by atoms with Crippen molar-refractivity contribution < 1.29 is 4.79 Å². The molecule has 2 N–H and O–H groups in total.